The number of carbonyl (C=O) groups is 1. The maximum absolute atomic E-state index is 12.9. The third kappa shape index (κ3) is 5.51. The van der Waals surface area contributed by atoms with Crippen molar-refractivity contribution in [2.24, 2.45) is 0 Å². The third-order valence-corrected chi connectivity index (χ3v) is 6.60. The van der Waals surface area contributed by atoms with E-state index in [1.165, 1.54) is 19.2 Å². The van der Waals surface area contributed by atoms with E-state index < -0.39 is 15.9 Å². The Morgan fingerprint density at radius 3 is 2.42 bits per heavy atom. The topological polar surface area (TPSA) is 84.5 Å². The van der Waals surface area contributed by atoms with Gasteiger partial charge in [-0.15, -0.1) is 0 Å². The lowest BCUT2D eigenvalue weighted by Gasteiger charge is -2.14. The van der Waals surface area contributed by atoms with Crippen LogP contribution in [0.2, 0.25) is 0 Å². The van der Waals surface area contributed by atoms with E-state index in [2.05, 4.69) is 10.0 Å². The maximum atomic E-state index is 12.9. The molecule has 7 heteroatoms. The highest BCUT2D eigenvalue weighted by atomic mass is 32.2. The minimum absolute atomic E-state index is 0.0725. The molecule has 6 nitrogen and oxygen atoms in total. The van der Waals surface area contributed by atoms with E-state index in [0.29, 0.717) is 12.1 Å². The van der Waals surface area contributed by atoms with E-state index in [0.717, 1.165) is 16.7 Å². The summed E-state index contributed by atoms with van der Waals surface area (Å²) in [4.78, 5) is 12.7. The van der Waals surface area contributed by atoms with Crippen LogP contribution in [0.5, 0.6) is 5.75 Å². The molecule has 0 saturated carbocycles. The number of hydrogen-bond acceptors (Lipinski definition) is 4. The van der Waals surface area contributed by atoms with Crippen molar-refractivity contribution >= 4 is 21.6 Å². The smallest absolute Gasteiger partial charge is 0.255 e. The van der Waals surface area contributed by atoms with Gasteiger partial charge in [0.2, 0.25) is 10.0 Å². The molecule has 0 aliphatic rings. The van der Waals surface area contributed by atoms with Gasteiger partial charge in [0.05, 0.1) is 7.11 Å². The molecule has 0 aliphatic carbocycles. The first-order valence-corrected chi connectivity index (χ1v) is 11.4. The summed E-state index contributed by atoms with van der Waals surface area (Å²) < 4.78 is 33.6. The normalized spacial score (nSPS) is 11.2. The first-order chi connectivity index (χ1) is 14.8. The molecule has 3 rings (SSSR count). The zero-order valence-corrected chi connectivity index (χ0v) is 18.6. The summed E-state index contributed by atoms with van der Waals surface area (Å²) in [7, 11) is -2.47. The van der Waals surface area contributed by atoms with Crippen molar-refractivity contribution in [2.75, 3.05) is 19.0 Å². The van der Waals surface area contributed by atoms with Crippen LogP contribution >= 0.6 is 0 Å². The second-order valence-electron chi connectivity index (χ2n) is 7.20. The molecule has 0 aliphatic heterocycles. The molecule has 3 aromatic carbocycles. The molecule has 0 atom stereocenters. The number of carbonyl (C=O) groups excluding carboxylic acids is 1. The number of hydrogen-bond donors (Lipinski definition) is 2. The van der Waals surface area contributed by atoms with Crippen molar-refractivity contribution in [3.63, 3.8) is 0 Å². The van der Waals surface area contributed by atoms with E-state index in [9.17, 15) is 13.2 Å². The Bertz CT molecular complexity index is 1180. The summed E-state index contributed by atoms with van der Waals surface area (Å²) in [5.74, 6) is -0.215. The minimum atomic E-state index is -3.87. The van der Waals surface area contributed by atoms with Crippen LogP contribution in [-0.4, -0.2) is 28.0 Å². The van der Waals surface area contributed by atoms with Gasteiger partial charge in [-0.3, -0.25) is 4.79 Å². The zero-order chi connectivity index (χ0) is 22.4. The van der Waals surface area contributed by atoms with Crippen LogP contribution in [-0.2, 0) is 16.4 Å². The number of nitrogens with one attached hydrogen (secondary N) is 2. The molecule has 0 fully saturated rings. The summed E-state index contributed by atoms with van der Waals surface area (Å²) >= 11 is 0. The Morgan fingerprint density at radius 2 is 1.71 bits per heavy atom. The first-order valence-electron chi connectivity index (χ1n) is 9.91. The number of aryl methyl sites for hydroxylation is 1. The van der Waals surface area contributed by atoms with Crippen molar-refractivity contribution in [2.45, 2.75) is 25.2 Å². The summed E-state index contributed by atoms with van der Waals surface area (Å²) in [6.07, 6.45) is 0.551. The Kier molecular flexibility index (Phi) is 7.09. The number of sulfonamides is 1. The average Bonchev–Trinajstić information content (AvgIpc) is 2.77. The van der Waals surface area contributed by atoms with Gasteiger partial charge in [-0.25, -0.2) is 13.1 Å². The predicted octanol–water partition coefficient (Wildman–Crippen LogP) is 4.09. The Hall–Kier alpha value is -3.16. The number of anilines is 1. The summed E-state index contributed by atoms with van der Waals surface area (Å²) in [5.41, 5.74) is 3.95. The quantitative estimate of drug-likeness (QED) is 0.555. The van der Waals surface area contributed by atoms with Gasteiger partial charge in [0, 0.05) is 17.8 Å². The van der Waals surface area contributed by atoms with Crippen LogP contribution in [0.25, 0.3) is 0 Å². The third-order valence-electron chi connectivity index (χ3n) is 5.12. The Labute approximate surface area is 183 Å². The van der Waals surface area contributed by atoms with Crippen molar-refractivity contribution < 1.29 is 17.9 Å². The highest BCUT2D eigenvalue weighted by Crippen LogP contribution is 2.26. The Balaban J connectivity index is 1.80. The van der Waals surface area contributed by atoms with E-state index in [1.807, 2.05) is 62.4 Å². The lowest BCUT2D eigenvalue weighted by molar-refractivity contribution is 0.102. The lowest BCUT2D eigenvalue weighted by atomic mass is 10.1. The molecule has 0 aromatic heterocycles. The Morgan fingerprint density at radius 1 is 0.968 bits per heavy atom. The summed E-state index contributed by atoms with van der Waals surface area (Å²) in [6.45, 7) is 4.12. The molecular formula is C24H26N2O4S. The van der Waals surface area contributed by atoms with Gasteiger partial charge in [-0.05, 0) is 61.2 Å². The van der Waals surface area contributed by atoms with Crippen LogP contribution < -0.4 is 14.8 Å². The highest BCUT2D eigenvalue weighted by Gasteiger charge is 2.21. The molecule has 2 N–H and O–H groups in total. The second kappa shape index (κ2) is 9.76. The van der Waals surface area contributed by atoms with Gasteiger partial charge in [-0.2, -0.15) is 0 Å². The molecule has 1 amide bonds. The van der Waals surface area contributed by atoms with Gasteiger partial charge >= 0.3 is 0 Å². The molecule has 0 saturated heterocycles. The van der Waals surface area contributed by atoms with Gasteiger partial charge in [-0.1, -0.05) is 42.5 Å². The monoisotopic (exact) mass is 438 g/mol. The fourth-order valence-corrected chi connectivity index (χ4v) is 4.39. The predicted molar refractivity (Wildman–Crippen MR) is 122 cm³/mol. The fraction of sp³-hybridized carbons (Fsp3) is 0.208. The van der Waals surface area contributed by atoms with E-state index >= 15 is 0 Å². The van der Waals surface area contributed by atoms with Crippen LogP contribution in [0.15, 0.2) is 71.6 Å². The summed E-state index contributed by atoms with van der Waals surface area (Å²) in [5, 5.41) is 2.85. The maximum Gasteiger partial charge on any atom is 0.255 e. The molecular weight excluding hydrogens is 412 g/mol. The highest BCUT2D eigenvalue weighted by molar-refractivity contribution is 7.89. The number of methoxy groups -OCH3 is 1. The molecule has 3 aromatic rings. The average molecular weight is 439 g/mol. The van der Waals surface area contributed by atoms with Crippen LogP contribution in [0.1, 0.15) is 27.0 Å². The molecule has 0 bridgehead atoms. The molecule has 0 radical (unpaired) electrons. The van der Waals surface area contributed by atoms with Crippen molar-refractivity contribution in [3.05, 3.63) is 89.0 Å². The molecule has 0 unspecified atom stereocenters. The molecule has 162 valence electrons. The van der Waals surface area contributed by atoms with Crippen molar-refractivity contribution in [1.29, 1.82) is 0 Å². The van der Waals surface area contributed by atoms with E-state index in [4.69, 9.17) is 4.74 Å². The standard InChI is InChI=1S/C24H26N2O4S/c1-17-8-7-11-21(18(17)2)26-24(27)20-12-13-22(30-3)23(16-20)31(28,29)25-15-14-19-9-5-4-6-10-19/h4-13,16,25H,14-15H2,1-3H3,(H,26,27). The number of benzene rings is 3. The number of amides is 1. The largest absolute Gasteiger partial charge is 0.495 e. The van der Waals surface area contributed by atoms with Crippen LogP contribution in [0.4, 0.5) is 5.69 Å². The SMILES string of the molecule is COc1ccc(C(=O)Nc2cccc(C)c2C)cc1S(=O)(=O)NCCc1ccccc1. The van der Waals surface area contributed by atoms with E-state index in [-0.39, 0.29) is 22.8 Å². The van der Waals surface area contributed by atoms with Gasteiger partial charge < -0.3 is 10.1 Å². The number of rotatable bonds is 8. The lowest BCUT2D eigenvalue weighted by Crippen LogP contribution is -2.27. The fourth-order valence-electron chi connectivity index (χ4n) is 3.16. The summed E-state index contributed by atoms with van der Waals surface area (Å²) in [6, 6.07) is 19.6. The molecule has 0 heterocycles. The number of ether oxygens (including phenoxy) is 1. The molecule has 31 heavy (non-hydrogen) atoms. The van der Waals surface area contributed by atoms with Gasteiger partial charge in [0.1, 0.15) is 10.6 Å². The molecule has 0 spiro atoms. The minimum Gasteiger partial charge on any atom is -0.495 e. The van der Waals surface area contributed by atoms with Gasteiger partial charge in [0.25, 0.3) is 5.91 Å². The van der Waals surface area contributed by atoms with Crippen molar-refractivity contribution in [3.8, 4) is 5.75 Å². The van der Waals surface area contributed by atoms with Gasteiger partial charge in [0.15, 0.2) is 0 Å². The van der Waals surface area contributed by atoms with Crippen molar-refractivity contribution in [1.82, 2.24) is 4.72 Å². The first kappa shape index (κ1) is 22.5. The second-order valence-corrected chi connectivity index (χ2v) is 8.94. The zero-order valence-electron chi connectivity index (χ0n) is 17.8. The van der Waals surface area contributed by atoms with E-state index in [1.54, 1.807) is 6.07 Å². The van der Waals surface area contributed by atoms with Crippen LogP contribution in [0.3, 0.4) is 0 Å². The van der Waals surface area contributed by atoms with Crippen LogP contribution in [0, 0.1) is 13.8 Å².